The summed E-state index contributed by atoms with van der Waals surface area (Å²) < 4.78 is 34.5. The van der Waals surface area contributed by atoms with Crippen LogP contribution in [0.5, 0.6) is 5.75 Å². The molecule has 1 N–H and O–H groups in total. The summed E-state index contributed by atoms with van der Waals surface area (Å²) in [5.74, 6) is -0.502. The molecule has 0 aliphatic carbocycles. The molecule has 3 aromatic rings. The van der Waals surface area contributed by atoms with Crippen LogP contribution in [0.4, 0.5) is 25.0 Å². The number of halogens is 2. The lowest BCUT2D eigenvalue weighted by molar-refractivity contribution is -0.123. The molecule has 0 bridgehead atoms. The summed E-state index contributed by atoms with van der Waals surface area (Å²) in [4.78, 5) is 29.1. The molecule has 37 heavy (non-hydrogen) atoms. The summed E-state index contributed by atoms with van der Waals surface area (Å²) in [5.41, 5.74) is 2.60. The number of methoxy groups -OCH3 is 1. The topological polar surface area (TPSA) is 61.9 Å². The van der Waals surface area contributed by atoms with Gasteiger partial charge in [0.2, 0.25) is 0 Å². The molecule has 0 aromatic heterocycles. The molecule has 1 fully saturated rings. The lowest BCUT2D eigenvalue weighted by Crippen LogP contribution is -2.51. The van der Waals surface area contributed by atoms with Gasteiger partial charge < -0.3 is 15.0 Å². The highest BCUT2D eigenvalue weighted by Crippen LogP contribution is 2.55. The molecule has 192 valence electrons. The molecule has 2 aliphatic rings. The van der Waals surface area contributed by atoms with Gasteiger partial charge in [0.05, 0.1) is 19.3 Å². The number of benzene rings is 3. The monoisotopic (exact) mass is 523 g/mol. The quantitative estimate of drug-likeness (QED) is 0.441. The Bertz CT molecular complexity index is 1350. The largest absolute Gasteiger partial charge is 0.497 e. The average molecular weight is 524 g/mol. The van der Waals surface area contributed by atoms with Gasteiger partial charge in [-0.15, -0.1) is 11.8 Å². The third-order valence-corrected chi connectivity index (χ3v) is 8.27. The highest BCUT2D eigenvalue weighted by atomic mass is 32.2. The molecule has 6 nitrogen and oxygen atoms in total. The van der Waals surface area contributed by atoms with Crippen LogP contribution >= 0.6 is 11.8 Å². The zero-order chi connectivity index (χ0) is 26.3. The van der Waals surface area contributed by atoms with Crippen molar-refractivity contribution >= 4 is 35.1 Å². The van der Waals surface area contributed by atoms with E-state index in [1.807, 2.05) is 24.3 Å². The van der Waals surface area contributed by atoms with Crippen molar-refractivity contribution in [2.75, 3.05) is 29.6 Å². The van der Waals surface area contributed by atoms with Crippen LogP contribution in [0.25, 0.3) is 0 Å². The molecule has 1 saturated heterocycles. The summed E-state index contributed by atoms with van der Waals surface area (Å²) in [6.45, 7) is 4.21. The summed E-state index contributed by atoms with van der Waals surface area (Å²) in [6, 6.07) is 15.9. The van der Waals surface area contributed by atoms with Crippen molar-refractivity contribution in [1.29, 1.82) is 0 Å². The van der Waals surface area contributed by atoms with Gasteiger partial charge in [-0.3, -0.25) is 9.69 Å². The number of hydrogen-bond donors (Lipinski definition) is 1. The van der Waals surface area contributed by atoms with Gasteiger partial charge >= 0.3 is 6.03 Å². The van der Waals surface area contributed by atoms with E-state index in [0.29, 0.717) is 40.9 Å². The fourth-order valence-corrected chi connectivity index (χ4v) is 6.31. The van der Waals surface area contributed by atoms with Crippen LogP contribution in [0.3, 0.4) is 0 Å². The third kappa shape index (κ3) is 4.21. The highest BCUT2D eigenvalue weighted by molar-refractivity contribution is 8.01. The Hall–Kier alpha value is -3.59. The molecule has 2 aliphatic heterocycles. The predicted molar refractivity (Wildman–Crippen MR) is 141 cm³/mol. The number of fused-ring (bicyclic) bond motifs is 2. The Labute approximate surface area is 218 Å². The number of anilines is 2. The summed E-state index contributed by atoms with van der Waals surface area (Å²) in [6.07, 6.45) is 0. The molecule has 3 aromatic carbocycles. The molecular formula is C28H27F2N3O3S. The summed E-state index contributed by atoms with van der Waals surface area (Å²) in [5, 5.41) is 2.92. The first-order chi connectivity index (χ1) is 17.8. The minimum Gasteiger partial charge on any atom is -0.497 e. The van der Waals surface area contributed by atoms with E-state index in [0.717, 1.165) is 17.7 Å². The first-order valence-electron chi connectivity index (χ1n) is 12.0. The number of carbonyl (C=O) groups is 2. The molecule has 0 saturated carbocycles. The predicted octanol–water partition coefficient (Wildman–Crippen LogP) is 6.08. The van der Waals surface area contributed by atoms with Gasteiger partial charge in [-0.05, 0) is 53.9 Å². The zero-order valence-electron chi connectivity index (χ0n) is 20.8. The number of carbonyl (C=O) groups excluding carboxylic acids is 2. The zero-order valence-corrected chi connectivity index (χ0v) is 21.6. The van der Waals surface area contributed by atoms with Crippen molar-refractivity contribution in [3.05, 3.63) is 89.0 Å². The van der Waals surface area contributed by atoms with E-state index in [1.54, 1.807) is 18.2 Å². The van der Waals surface area contributed by atoms with Crippen LogP contribution in [-0.2, 0) is 16.2 Å². The van der Waals surface area contributed by atoms with Gasteiger partial charge in [0.1, 0.15) is 17.4 Å². The average Bonchev–Trinajstić information content (AvgIpc) is 3.43. The Morgan fingerprint density at radius 2 is 1.81 bits per heavy atom. The first-order valence-corrected chi connectivity index (χ1v) is 13.0. The molecule has 9 heteroatoms. The van der Waals surface area contributed by atoms with E-state index >= 15 is 0 Å². The normalized spacial score (nSPS) is 18.6. The number of amides is 3. The number of urea groups is 1. The van der Waals surface area contributed by atoms with Crippen LogP contribution in [0.2, 0.25) is 0 Å². The van der Waals surface area contributed by atoms with E-state index < -0.39 is 28.4 Å². The second kappa shape index (κ2) is 9.70. The fourth-order valence-electron chi connectivity index (χ4n) is 4.86. The van der Waals surface area contributed by atoms with Crippen LogP contribution in [0.1, 0.15) is 36.5 Å². The summed E-state index contributed by atoms with van der Waals surface area (Å²) >= 11 is 1.33. The lowest BCUT2D eigenvalue weighted by atomic mass is 10.0. The molecule has 5 rings (SSSR count). The first kappa shape index (κ1) is 25.1. The number of ether oxygens (including phenoxy) is 1. The number of nitrogens with one attached hydrogen (secondary N) is 1. The number of hydrogen-bond acceptors (Lipinski definition) is 4. The van der Waals surface area contributed by atoms with Crippen molar-refractivity contribution in [2.24, 2.45) is 0 Å². The molecule has 1 spiro atoms. The minimum absolute atomic E-state index is 0.209. The van der Waals surface area contributed by atoms with Gasteiger partial charge in [-0.25, -0.2) is 13.6 Å². The van der Waals surface area contributed by atoms with Gasteiger partial charge in [0.25, 0.3) is 5.91 Å². The Morgan fingerprint density at radius 1 is 1.11 bits per heavy atom. The second-order valence-corrected chi connectivity index (χ2v) is 10.6. The van der Waals surface area contributed by atoms with Crippen molar-refractivity contribution in [2.45, 2.75) is 31.2 Å². The van der Waals surface area contributed by atoms with Gasteiger partial charge in [0.15, 0.2) is 4.87 Å². The standard InChI is InChI=1S/C28H27F2N3O3S/c1-17(2)18-7-9-19(10-8-18)31-27(35)33-13-14-37-28(33)22-15-20(36-3)11-12-25(22)32(26(28)34)16-21-23(29)5-4-6-24(21)30/h4-12,15,17H,13-14,16H2,1-3H3,(H,31,35)/t28-/m0/s1. The van der Waals surface area contributed by atoms with Gasteiger partial charge in [-0.1, -0.05) is 32.0 Å². The highest BCUT2D eigenvalue weighted by Gasteiger charge is 2.59. The fraction of sp³-hybridized carbons (Fsp3) is 0.286. The van der Waals surface area contributed by atoms with Crippen molar-refractivity contribution in [3.63, 3.8) is 0 Å². The minimum atomic E-state index is -1.38. The van der Waals surface area contributed by atoms with E-state index in [-0.39, 0.29) is 12.1 Å². The van der Waals surface area contributed by atoms with Crippen molar-refractivity contribution < 1.29 is 23.1 Å². The van der Waals surface area contributed by atoms with Crippen LogP contribution in [0, 0.1) is 11.6 Å². The lowest BCUT2D eigenvalue weighted by Gasteiger charge is -2.33. The SMILES string of the molecule is COc1ccc2c(c1)[C@]1(SCCN1C(=O)Nc1ccc(C(C)C)cc1)C(=O)N2Cc1c(F)cccc1F. The van der Waals surface area contributed by atoms with Crippen LogP contribution in [0.15, 0.2) is 60.7 Å². The van der Waals surface area contributed by atoms with Crippen molar-refractivity contribution in [3.8, 4) is 5.75 Å². The van der Waals surface area contributed by atoms with Crippen LogP contribution < -0.4 is 15.0 Å². The Kier molecular flexibility index (Phi) is 6.58. The maximum absolute atomic E-state index is 14.5. The Morgan fingerprint density at radius 3 is 2.46 bits per heavy atom. The third-order valence-electron chi connectivity index (χ3n) is 6.85. The van der Waals surface area contributed by atoms with Gasteiger partial charge in [-0.2, -0.15) is 0 Å². The van der Waals surface area contributed by atoms with E-state index in [9.17, 15) is 18.4 Å². The van der Waals surface area contributed by atoms with Gasteiger partial charge in [0, 0.05) is 29.1 Å². The number of rotatable bonds is 5. The van der Waals surface area contributed by atoms with Crippen molar-refractivity contribution in [1.82, 2.24) is 4.90 Å². The molecule has 3 amide bonds. The van der Waals surface area contributed by atoms with Crippen LogP contribution in [-0.4, -0.2) is 36.2 Å². The van der Waals surface area contributed by atoms with E-state index in [4.69, 9.17) is 4.74 Å². The molecular weight excluding hydrogens is 496 g/mol. The smallest absolute Gasteiger partial charge is 0.323 e. The molecule has 0 radical (unpaired) electrons. The maximum Gasteiger partial charge on any atom is 0.323 e. The molecule has 0 unspecified atom stereocenters. The number of thioether (sulfide) groups is 1. The maximum atomic E-state index is 14.5. The molecule has 2 heterocycles. The Balaban J connectivity index is 1.52. The van der Waals surface area contributed by atoms with E-state index in [1.165, 1.54) is 34.7 Å². The molecule has 1 atom stereocenters. The number of nitrogens with zero attached hydrogens (tertiary/aromatic N) is 2. The summed E-state index contributed by atoms with van der Waals surface area (Å²) in [7, 11) is 1.52. The van der Waals surface area contributed by atoms with E-state index in [2.05, 4.69) is 19.2 Å². The second-order valence-electron chi connectivity index (χ2n) is 9.33.